The first-order valence-corrected chi connectivity index (χ1v) is 8.84. The second-order valence-electron chi connectivity index (χ2n) is 6.21. The predicted octanol–water partition coefficient (Wildman–Crippen LogP) is 1.71. The smallest absolute Gasteiger partial charge is 0.335 e. The number of halogens is 1. The molecule has 23 heavy (non-hydrogen) atoms. The summed E-state index contributed by atoms with van der Waals surface area (Å²) in [5, 5.41) is 8.87. The van der Waals surface area contributed by atoms with E-state index in [0.717, 1.165) is 31.0 Å². The fraction of sp³-hybridized carbons (Fsp3) is 0.533. The van der Waals surface area contributed by atoms with Crippen LogP contribution in [0, 0.1) is 11.7 Å². The number of sulfonamides is 1. The summed E-state index contributed by atoms with van der Waals surface area (Å²) >= 11 is 0. The Bertz CT molecular complexity index is 746. The summed E-state index contributed by atoms with van der Waals surface area (Å²) in [5.74, 6) is -2.14. The number of carboxylic acid groups (broad SMARTS) is 1. The van der Waals surface area contributed by atoms with Gasteiger partial charge in [0.15, 0.2) is 0 Å². The Hall–Kier alpha value is -1.51. The molecule has 1 aliphatic carbocycles. The van der Waals surface area contributed by atoms with Crippen molar-refractivity contribution in [3.8, 4) is 0 Å². The molecule has 1 unspecified atom stereocenters. The van der Waals surface area contributed by atoms with Crippen LogP contribution in [0.2, 0.25) is 0 Å². The number of hydrogen-bond donors (Lipinski definition) is 1. The molecule has 0 aromatic heterocycles. The van der Waals surface area contributed by atoms with Crippen LogP contribution in [-0.4, -0.2) is 49.1 Å². The van der Waals surface area contributed by atoms with Crippen LogP contribution in [0.5, 0.6) is 0 Å². The molecule has 0 radical (unpaired) electrons. The van der Waals surface area contributed by atoms with Gasteiger partial charge in [-0.05, 0) is 43.9 Å². The SMILES string of the molecule is CC1(C2CC2)COCCN1S(=O)(=O)c1ccc(C(=O)O)cc1F. The van der Waals surface area contributed by atoms with E-state index in [1.54, 1.807) is 0 Å². The Morgan fingerprint density at radius 3 is 2.70 bits per heavy atom. The third-order valence-corrected chi connectivity index (χ3v) is 6.67. The highest BCUT2D eigenvalue weighted by atomic mass is 32.2. The number of aromatic carboxylic acids is 1. The minimum atomic E-state index is -4.06. The molecule has 1 N–H and O–H groups in total. The van der Waals surface area contributed by atoms with Gasteiger partial charge in [-0.15, -0.1) is 0 Å². The molecule has 2 fully saturated rings. The van der Waals surface area contributed by atoms with Crippen molar-refractivity contribution in [1.82, 2.24) is 4.31 Å². The van der Waals surface area contributed by atoms with Crippen molar-refractivity contribution in [3.05, 3.63) is 29.6 Å². The number of nitrogens with zero attached hydrogens (tertiary/aromatic N) is 1. The third-order valence-electron chi connectivity index (χ3n) is 4.61. The minimum Gasteiger partial charge on any atom is -0.478 e. The van der Waals surface area contributed by atoms with Crippen LogP contribution in [0.15, 0.2) is 23.1 Å². The summed E-state index contributed by atoms with van der Waals surface area (Å²) in [6.07, 6.45) is 1.85. The quantitative estimate of drug-likeness (QED) is 0.900. The Kier molecular flexibility index (Phi) is 3.94. The van der Waals surface area contributed by atoms with Gasteiger partial charge in [-0.1, -0.05) is 0 Å². The summed E-state index contributed by atoms with van der Waals surface area (Å²) < 4.78 is 46.8. The van der Waals surface area contributed by atoms with Gasteiger partial charge in [0.1, 0.15) is 10.7 Å². The van der Waals surface area contributed by atoms with Gasteiger partial charge in [-0.25, -0.2) is 17.6 Å². The molecule has 3 rings (SSSR count). The summed E-state index contributed by atoms with van der Waals surface area (Å²) in [7, 11) is -4.06. The summed E-state index contributed by atoms with van der Waals surface area (Å²) in [6.45, 7) is 2.53. The fourth-order valence-electron chi connectivity index (χ4n) is 3.14. The van der Waals surface area contributed by atoms with Crippen LogP contribution in [0.4, 0.5) is 4.39 Å². The van der Waals surface area contributed by atoms with Gasteiger partial charge in [-0.3, -0.25) is 0 Å². The van der Waals surface area contributed by atoms with Crippen molar-refractivity contribution >= 4 is 16.0 Å². The van der Waals surface area contributed by atoms with Crippen molar-refractivity contribution in [3.63, 3.8) is 0 Å². The van der Waals surface area contributed by atoms with Gasteiger partial charge < -0.3 is 9.84 Å². The highest BCUT2D eigenvalue weighted by Gasteiger charge is 2.52. The molecule has 1 aromatic rings. The molecular formula is C15H18FNO5S. The lowest BCUT2D eigenvalue weighted by molar-refractivity contribution is -0.0279. The second-order valence-corrected chi connectivity index (χ2v) is 8.04. The Morgan fingerprint density at radius 2 is 2.13 bits per heavy atom. The average molecular weight is 343 g/mol. The van der Waals surface area contributed by atoms with Gasteiger partial charge in [0.25, 0.3) is 0 Å². The molecule has 0 amide bonds. The molecule has 1 atom stereocenters. The number of ether oxygens (including phenoxy) is 1. The molecule has 1 saturated heterocycles. The van der Waals surface area contributed by atoms with Gasteiger partial charge in [0.2, 0.25) is 10.0 Å². The molecule has 6 nitrogen and oxygen atoms in total. The Labute approximate surface area is 133 Å². The molecule has 126 valence electrons. The maximum Gasteiger partial charge on any atom is 0.335 e. The van der Waals surface area contributed by atoms with Gasteiger partial charge >= 0.3 is 5.97 Å². The van der Waals surface area contributed by atoms with E-state index < -0.39 is 32.2 Å². The summed E-state index contributed by atoms with van der Waals surface area (Å²) in [6, 6.07) is 2.87. The standard InChI is InChI=1S/C15H18FNO5S/c1-15(11-3-4-11)9-22-7-6-17(15)23(20,21)13-5-2-10(14(18)19)8-12(13)16/h2,5,8,11H,3-4,6-7,9H2,1H3,(H,18,19). The van der Waals surface area contributed by atoms with Gasteiger partial charge in [0, 0.05) is 6.54 Å². The molecule has 8 heteroatoms. The molecule has 0 spiro atoms. The highest BCUT2D eigenvalue weighted by molar-refractivity contribution is 7.89. The minimum absolute atomic E-state index is 0.162. The van der Waals surface area contributed by atoms with E-state index in [1.165, 1.54) is 4.31 Å². The van der Waals surface area contributed by atoms with E-state index in [1.807, 2.05) is 6.92 Å². The lowest BCUT2D eigenvalue weighted by Crippen LogP contribution is -2.58. The molecular weight excluding hydrogens is 325 g/mol. The number of hydrogen-bond acceptors (Lipinski definition) is 4. The van der Waals surface area contributed by atoms with Crippen LogP contribution < -0.4 is 0 Å². The van der Waals surface area contributed by atoms with Crippen LogP contribution in [0.1, 0.15) is 30.1 Å². The van der Waals surface area contributed by atoms with Crippen molar-refractivity contribution in [1.29, 1.82) is 0 Å². The van der Waals surface area contributed by atoms with Crippen LogP contribution in [0.3, 0.4) is 0 Å². The Balaban J connectivity index is 2.02. The van der Waals surface area contributed by atoms with E-state index in [9.17, 15) is 17.6 Å². The summed E-state index contributed by atoms with van der Waals surface area (Å²) in [5.41, 5.74) is -0.969. The number of rotatable bonds is 4. The first-order chi connectivity index (χ1) is 10.8. The molecule has 1 saturated carbocycles. The second kappa shape index (κ2) is 5.54. The first-order valence-electron chi connectivity index (χ1n) is 7.40. The number of morpholine rings is 1. The largest absolute Gasteiger partial charge is 0.478 e. The van der Waals surface area contributed by atoms with E-state index >= 15 is 0 Å². The van der Waals surface area contributed by atoms with E-state index in [-0.39, 0.29) is 31.2 Å². The van der Waals surface area contributed by atoms with E-state index in [2.05, 4.69) is 0 Å². The molecule has 0 bridgehead atoms. The molecule has 1 heterocycles. The Morgan fingerprint density at radius 1 is 1.43 bits per heavy atom. The zero-order chi connectivity index (χ0) is 16.8. The number of carboxylic acids is 1. The normalized spacial score (nSPS) is 26.2. The monoisotopic (exact) mass is 343 g/mol. The van der Waals surface area contributed by atoms with E-state index in [4.69, 9.17) is 9.84 Å². The van der Waals surface area contributed by atoms with E-state index in [0.29, 0.717) is 0 Å². The first kappa shape index (κ1) is 16.4. The molecule has 2 aliphatic rings. The van der Waals surface area contributed by atoms with Crippen molar-refractivity contribution in [2.75, 3.05) is 19.8 Å². The average Bonchev–Trinajstić information content (AvgIpc) is 3.32. The maximum atomic E-state index is 14.2. The number of benzene rings is 1. The van der Waals surface area contributed by atoms with Crippen molar-refractivity contribution < 1.29 is 27.4 Å². The van der Waals surface area contributed by atoms with Gasteiger partial charge in [0.05, 0.1) is 24.3 Å². The van der Waals surface area contributed by atoms with Crippen LogP contribution >= 0.6 is 0 Å². The topological polar surface area (TPSA) is 83.9 Å². The third kappa shape index (κ3) is 2.75. The zero-order valence-corrected chi connectivity index (χ0v) is 13.5. The van der Waals surface area contributed by atoms with Crippen LogP contribution in [-0.2, 0) is 14.8 Å². The highest BCUT2D eigenvalue weighted by Crippen LogP contribution is 2.46. The van der Waals surface area contributed by atoms with Crippen molar-refractivity contribution in [2.24, 2.45) is 5.92 Å². The molecule has 1 aliphatic heterocycles. The van der Waals surface area contributed by atoms with Crippen LogP contribution in [0.25, 0.3) is 0 Å². The lowest BCUT2D eigenvalue weighted by atomic mass is 9.96. The zero-order valence-electron chi connectivity index (χ0n) is 12.7. The maximum absolute atomic E-state index is 14.2. The fourth-order valence-corrected chi connectivity index (χ4v) is 4.99. The van der Waals surface area contributed by atoms with Crippen molar-refractivity contribution in [2.45, 2.75) is 30.2 Å². The van der Waals surface area contributed by atoms with Gasteiger partial charge in [-0.2, -0.15) is 4.31 Å². The summed E-state index contributed by atoms with van der Waals surface area (Å²) in [4.78, 5) is 10.4. The molecule has 1 aromatic carbocycles. The number of carbonyl (C=O) groups is 1. The lowest BCUT2D eigenvalue weighted by Gasteiger charge is -2.43. The predicted molar refractivity (Wildman–Crippen MR) is 79.2 cm³/mol.